The molecule has 2 aromatic heterocycles. The smallest absolute Gasteiger partial charge is 0.134 e. The van der Waals surface area contributed by atoms with E-state index in [1.165, 1.54) is 17.5 Å². The minimum absolute atomic E-state index is 0.318. The Labute approximate surface area is 102 Å². The zero-order valence-corrected chi connectivity index (χ0v) is 10.1. The van der Waals surface area contributed by atoms with Crippen molar-refractivity contribution in [3.63, 3.8) is 0 Å². The van der Waals surface area contributed by atoms with Crippen LogP contribution in [0.25, 0.3) is 0 Å². The van der Waals surface area contributed by atoms with Crippen molar-refractivity contribution in [1.82, 2.24) is 9.97 Å². The third-order valence-electron chi connectivity index (χ3n) is 2.24. The molecule has 0 radical (unpaired) electrons. The Hall–Kier alpha value is -1.17. The van der Waals surface area contributed by atoms with Gasteiger partial charge >= 0.3 is 0 Å². The van der Waals surface area contributed by atoms with Gasteiger partial charge in [0.25, 0.3) is 0 Å². The number of thiazole rings is 1. The Morgan fingerprint density at radius 1 is 1.50 bits per heavy atom. The molecule has 2 rings (SSSR count). The molecule has 4 nitrogen and oxygen atoms in total. The number of hydrogen-bond donors (Lipinski definition) is 2. The van der Waals surface area contributed by atoms with E-state index in [1.54, 1.807) is 12.3 Å². The number of halogens is 1. The standard InChI is InChI=1S/C10H10ClN3OS/c1-5-2-3-13-9(12)7(5)8(15)10-14-4-6(11)16-10/h2-4,8,15H,1H3,(H2,12,13). The van der Waals surface area contributed by atoms with Gasteiger partial charge < -0.3 is 10.8 Å². The predicted octanol–water partition coefficient (Wildman–Crippen LogP) is 2.16. The maximum Gasteiger partial charge on any atom is 0.134 e. The van der Waals surface area contributed by atoms with E-state index in [2.05, 4.69) is 9.97 Å². The number of aromatic nitrogens is 2. The van der Waals surface area contributed by atoms with Crippen LogP contribution in [0, 0.1) is 6.92 Å². The van der Waals surface area contributed by atoms with E-state index in [1.807, 2.05) is 6.92 Å². The lowest BCUT2D eigenvalue weighted by molar-refractivity contribution is 0.219. The van der Waals surface area contributed by atoms with Crippen LogP contribution in [0.4, 0.5) is 5.82 Å². The molecular weight excluding hydrogens is 246 g/mol. The second kappa shape index (κ2) is 4.37. The topological polar surface area (TPSA) is 72.0 Å². The second-order valence-corrected chi connectivity index (χ2v) is 5.03. The molecule has 2 aromatic rings. The normalized spacial score (nSPS) is 12.7. The molecule has 6 heteroatoms. The minimum Gasteiger partial charge on any atom is -0.383 e. The highest BCUT2D eigenvalue weighted by molar-refractivity contribution is 7.15. The molecule has 1 atom stereocenters. The first kappa shape index (κ1) is 11.3. The van der Waals surface area contributed by atoms with Gasteiger partial charge in [-0.25, -0.2) is 9.97 Å². The Balaban J connectivity index is 2.45. The van der Waals surface area contributed by atoms with Crippen molar-refractivity contribution in [2.75, 3.05) is 5.73 Å². The van der Waals surface area contributed by atoms with Gasteiger partial charge in [0.05, 0.1) is 6.20 Å². The maximum atomic E-state index is 10.1. The lowest BCUT2D eigenvalue weighted by Gasteiger charge is -2.12. The molecule has 16 heavy (non-hydrogen) atoms. The van der Waals surface area contributed by atoms with Gasteiger partial charge in [0.1, 0.15) is 21.3 Å². The van der Waals surface area contributed by atoms with E-state index in [0.717, 1.165) is 5.56 Å². The number of nitrogens with zero attached hydrogens (tertiary/aromatic N) is 2. The van der Waals surface area contributed by atoms with Gasteiger partial charge in [-0.15, -0.1) is 11.3 Å². The zero-order chi connectivity index (χ0) is 11.7. The summed E-state index contributed by atoms with van der Waals surface area (Å²) in [5.41, 5.74) is 7.21. The first-order chi connectivity index (χ1) is 7.59. The van der Waals surface area contributed by atoms with Crippen LogP contribution >= 0.6 is 22.9 Å². The number of aryl methyl sites for hydroxylation is 1. The summed E-state index contributed by atoms with van der Waals surface area (Å²) in [5, 5.41) is 10.7. The summed E-state index contributed by atoms with van der Waals surface area (Å²) in [7, 11) is 0. The Morgan fingerprint density at radius 3 is 2.81 bits per heavy atom. The van der Waals surface area contributed by atoms with Crippen molar-refractivity contribution < 1.29 is 5.11 Å². The highest BCUT2D eigenvalue weighted by Crippen LogP contribution is 2.32. The van der Waals surface area contributed by atoms with Crippen LogP contribution in [-0.2, 0) is 0 Å². The van der Waals surface area contributed by atoms with E-state index in [4.69, 9.17) is 17.3 Å². The fourth-order valence-electron chi connectivity index (χ4n) is 1.46. The predicted molar refractivity (Wildman–Crippen MR) is 64.6 cm³/mol. The van der Waals surface area contributed by atoms with Gasteiger partial charge in [0.15, 0.2) is 0 Å². The summed E-state index contributed by atoms with van der Waals surface area (Å²) in [6, 6.07) is 1.80. The third-order valence-corrected chi connectivity index (χ3v) is 3.41. The number of aliphatic hydroxyl groups excluding tert-OH is 1. The van der Waals surface area contributed by atoms with Crippen molar-refractivity contribution in [2.24, 2.45) is 0 Å². The van der Waals surface area contributed by atoms with Gasteiger partial charge in [-0.3, -0.25) is 0 Å². The van der Waals surface area contributed by atoms with Gasteiger partial charge in [0, 0.05) is 11.8 Å². The van der Waals surface area contributed by atoms with Crippen LogP contribution in [0.3, 0.4) is 0 Å². The number of rotatable bonds is 2. The largest absolute Gasteiger partial charge is 0.383 e. The molecule has 0 fully saturated rings. The van der Waals surface area contributed by atoms with Crippen LogP contribution in [0.2, 0.25) is 4.34 Å². The quantitative estimate of drug-likeness (QED) is 0.863. The van der Waals surface area contributed by atoms with Gasteiger partial charge in [-0.1, -0.05) is 11.6 Å². The molecule has 0 aromatic carbocycles. The Kier molecular flexibility index (Phi) is 3.09. The summed E-state index contributed by atoms with van der Waals surface area (Å²) >= 11 is 7.00. The second-order valence-electron chi connectivity index (χ2n) is 3.33. The van der Waals surface area contributed by atoms with Crippen molar-refractivity contribution in [1.29, 1.82) is 0 Å². The highest BCUT2D eigenvalue weighted by Gasteiger charge is 2.19. The van der Waals surface area contributed by atoms with Crippen LogP contribution in [-0.4, -0.2) is 15.1 Å². The highest BCUT2D eigenvalue weighted by atomic mass is 35.5. The van der Waals surface area contributed by atoms with E-state index < -0.39 is 6.10 Å². The molecule has 0 saturated carbocycles. The van der Waals surface area contributed by atoms with Crippen LogP contribution < -0.4 is 5.73 Å². The average Bonchev–Trinajstić information content (AvgIpc) is 2.64. The molecule has 0 aliphatic carbocycles. The lowest BCUT2D eigenvalue weighted by Crippen LogP contribution is -2.07. The molecule has 84 valence electrons. The van der Waals surface area contributed by atoms with Gasteiger partial charge in [-0.05, 0) is 18.6 Å². The van der Waals surface area contributed by atoms with Crippen LogP contribution in [0.15, 0.2) is 18.5 Å². The number of anilines is 1. The number of aliphatic hydroxyl groups is 1. The molecular formula is C10H10ClN3OS. The van der Waals surface area contributed by atoms with Gasteiger partial charge in [-0.2, -0.15) is 0 Å². The summed E-state index contributed by atoms with van der Waals surface area (Å²) in [6.45, 7) is 1.87. The Morgan fingerprint density at radius 2 is 2.25 bits per heavy atom. The molecule has 3 N–H and O–H groups in total. The van der Waals surface area contributed by atoms with E-state index in [-0.39, 0.29) is 0 Å². The first-order valence-electron chi connectivity index (χ1n) is 4.60. The van der Waals surface area contributed by atoms with Crippen LogP contribution in [0.1, 0.15) is 22.2 Å². The lowest BCUT2D eigenvalue weighted by atomic mass is 10.1. The molecule has 2 heterocycles. The fraction of sp³-hybridized carbons (Fsp3) is 0.200. The van der Waals surface area contributed by atoms with E-state index in [9.17, 15) is 5.11 Å². The molecule has 0 spiro atoms. The number of hydrogen-bond acceptors (Lipinski definition) is 5. The molecule has 0 saturated heterocycles. The zero-order valence-electron chi connectivity index (χ0n) is 8.51. The molecule has 0 bridgehead atoms. The first-order valence-corrected chi connectivity index (χ1v) is 5.79. The summed E-state index contributed by atoms with van der Waals surface area (Å²) in [6.07, 6.45) is 2.24. The van der Waals surface area contributed by atoms with Crippen molar-refractivity contribution in [2.45, 2.75) is 13.0 Å². The number of nitrogen functional groups attached to an aromatic ring is 1. The average molecular weight is 256 g/mol. The maximum absolute atomic E-state index is 10.1. The summed E-state index contributed by atoms with van der Waals surface area (Å²) in [4.78, 5) is 7.98. The van der Waals surface area contributed by atoms with Crippen molar-refractivity contribution in [3.8, 4) is 0 Å². The SMILES string of the molecule is Cc1ccnc(N)c1C(O)c1ncc(Cl)s1. The van der Waals surface area contributed by atoms with Crippen molar-refractivity contribution in [3.05, 3.63) is 38.9 Å². The third kappa shape index (κ3) is 2.02. The van der Waals surface area contributed by atoms with E-state index in [0.29, 0.717) is 20.7 Å². The number of pyridine rings is 1. The van der Waals surface area contributed by atoms with Crippen molar-refractivity contribution >= 4 is 28.8 Å². The molecule has 0 amide bonds. The molecule has 0 aliphatic heterocycles. The van der Waals surface area contributed by atoms with E-state index >= 15 is 0 Å². The fourth-order valence-corrected chi connectivity index (χ4v) is 2.39. The number of nitrogens with two attached hydrogens (primary N) is 1. The Bertz CT molecular complexity index is 494. The molecule has 1 unspecified atom stereocenters. The molecule has 0 aliphatic rings. The summed E-state index contributed by atoms with van der Waals surface area (Å²) in [5.74, 6) is 0.318. The van der Waals surface area contributed by atoms with Crippen LogP contribution in [0.5, 0.6) is 0 Å². The summed E-state index contributed by atoms with van der Waals surface area (Å²) < 4.78 is 0.536. The van der Waals surface area contributed by atoms with Gasteiger partial charge in [0.2, 0.25) is 0 Å². The monoisotopic (exact) mass is 255 g/mol. The minimum atomic E-state index is -0.869.